The van der Waals surface area contributed by atoms with Gasteiger partial charge in [0, 0.05) is 37.1 Å². The second-order valence-electron chi connectivity index (χ2n) is 8.40. The number of hydrogen-bond donors (Lipinski definition) is 1. The number of benzene rings is 2. The summed E-state index contributed by atoms with van der Waals surface area (Å²) in [5.41, 5.74) is 9.77. The summed E-state index contributed by atoms with van der Waals surface area (Å²) >= 11 is 0. The highest BCUT2D eigenvalue weighted by atomic mass is 16.5. The number of methoxy groups -OCH3 is 2. The highest BCUT2D eigenvalue weighted by Gasteiger charge is 2.43. The predicted octanol–water partition coefficient (Wildman–Crippen LogP) is 3.69. The van der Waals surface area contributed by atoms with Gasteiger partial charge in [-0.15, -0.1) is 0 Å². The van der Waals surface area contributed by atoms with Gasteiger partial charge in [-0.2, -0.15) is 0 Å². The lowest BCUT2D eigenvalue weighted by Crippen LogP contribution is -2.41. The maximum absolute atomic E-state index is 12.6. The second kappa shape index (κ2) is 9.40. The molecule has 1 saturated heterocycles. The van der Waals surface area contributed by atoms with Crippen molar-refractivity contribution in [2.24, 2.45) is 11.1 Å². The summed E-state index contributed by atoms with van der Waals surface area (Å²) in [6.45, 7) is 2.12. The molecule has 1 aliphatic heterocycles. The lowest BCUT2D eigenvalue weighted by atomic mass is 9.79. The number of hydrogen-bond acceptors (Lipinski definition) is 5. The van der Waals surface area contributed by atoms with E-state index in [1.165, 1.54) is 0 Å². The van der Waals surface area contributed by atoms with E-state index in [9.17, 15) is 4.79 Å². The van der Waals surface area contributed by atoms with E-state index < -0.39 is 5.41 Å². The Kier molecular flexibility index (Phi) is 6.42. The van der Waals surface area contributed by atoms with Crippen LogP contribution in [0.15, 0.2) is 67.0 Å². The first-order chi connectivity index (χ1) is 15.5. The zero-order valence-electron chi connectivity index (χ0n) is 18.6. The Morgan fingerprint density at radius 1 is 1.06 bits per heavy atom. The van der Waals surface area contributed by atoms with Gasteiger partial charge >= 0.3 is 0 Å². The molecule has 1 aromatic heterocycles. The van der Waals surface area contributed by atoms with Gasteiger partial charge in [-0.1, -0.05) is 30.3 Å². The molecule has 2 N–H and O–H groups in total. The zero-order chi connectivity index (χ0) is 22.6. The highest BCUT2D eigenvalue weighted by Crippen LogP contribution is 2.37. The molecule has 3 aromatic rings. The van der Waals surface area contributed by atoms with Crippen molar-refractivity contribution in [3.8, 4) is 22.6 Å². The minimum absolute atomic E-state index is 0.240. The SMILES string of the molecule is COc1ccc(CN2CCC(Cc3cccc(-c4ccncc4)c3)(C(N)=O)C2)c(OC)c1. The second-order valence-corrected chi connectivity index (χ2v) is 8.40. The molecular formula is C26H29N3O3. The van der Waals surface area contributed by atoms with E-state index >= 15 is 0 Å². The van der Waals surface area contributed by atoms with Crippen LogP contribution in [0.1, 0.15) is 17.5 Å². The van der Waals surface area contributed by atoms with Crippen LogP contribution in [-0.2, 0) is 17.8 Å². The van der Waals surface area contributed by atoms with Gasteiger partial charge in [0.2, 0.25) is 5.91 Å². The van der Waals surface area contributed by atoms with E-state index in [0.29, 0.717) is 19.5 Å². The molecule has 6 nitrogen and oxygen atoms in total. The molecule has 0 aliphatic carbocycles. The number of rotatable bonds is 8. The summed E-state index contributed by atoms with van der Waals surface area (Å²) < 4.78 is 10.8. The van der Waals surface area contributed by atoms with E-state index in [1.54, 1.807) is 26.6 Å². The molecule has 1 fully saturated rings. The molecule has 0 spiro atoms. The van der Waals surface area contributed by atoms with Crippen LogP contribution in [0.4, 0.5) is 0 Å². The van der Waals surface area contributed by atoms with Crippen molar-refractivity contribution in [3.05, 3.63) is 78.1 Å². The van der Waals surface area contributed by atoms with Gasteiger partial charge in [0.05, 0.1) is 19.6 Å². The molecule has 1 amide bonds. The molecule has 166 valence electrons. The molecule has 4 rings (SSSR count). The van der Waals surface area contributed by atoms with Gasteiger partial charge in [0.1, 0.15) is 11.5 Å². The third-order valence-electron chi connectivity index (χ3n) is 6.33. The quantitative estimate of drug-likeness (QED) is 0.589. The Morgan fingerprint density at radius 3 is 2.59 bits per heavy atom. The smallest absolute Gasteiger partial charge is 0.225 e. The van der Waals surface area contributed by atoms with Crippen molar-refractivity contribution in [1.82, 2.24) is 9.88 Å². The number of nitrogens with two attached hydrogens (primary N) is 1. The number of nitrogens with zero attached hydrogens (tertiary/aromatic N) is 2. The van der Waals surface area contributed by atoms with E-state index in [1.807, 2.05) is 36.4 Å². The summed E-state index contributed by atoms with van der Waals surface area (Å²) in [6.07, 6.45) is 4.93. The Bertz CT molecular complexity index is 1090. The van der Waals surface area contributed by atoms with Crippen LogP contribution in [0, 0.1) is 5.41 Å². The number of likely N-dealkylation sites (tertiary alicyclic amines) is 1. The van der Waals surface area contributed by atoms with Crippen molar-refractivity contribution in [2.45, 2.75) is 19.4 Å². The number of carbonyl (C=O) groups is 1. The number of primary amides is 1. The van der Waals surface area contributed by atoms with Crippen molar-refractivity contribution < 1.29 is 14.3 Å². The normalized spacial score (nSPS) is 18.4. The lowest BCUT2D eigenvalue weighted by molar-refractivity contribution is -0.127. The summed E-state index contributed by atoms with van der Waals surface area (Å²) in [5.74, 6) is 1.30. The van der Waals surface area contributed by atoms with Gasteiger partial charge < -0.3 is 15.2 Å². The van der Waals surface area contributed by atoms with E-state index in [0.717, 1.165) is 46.7 Å². The predicted molar refractivity (Wildman–Crippen MR) is 124 cm³/mol. The van der Waals surface area contributed by atoms with Crippen LogP contribution in [0.5, 0.6) is 11.5 Å². The minimum Gasteiger partial charge on any atom is -0.497 e. The summed E-state index contributed by atoms with van der Waals surface area (Å²) in [4.78, 5) is 19.0. The van der Waals surface area contributed by atoms with E-state index in [4.69, 9.17) is 15.2 Å². The van der Waals surface area contributed by atoms with Crippen LogP contribution in [0.2, 0.25) is 0 Å². The number of aromatic nitrogens is 1. The maximum atomic E-state index is 12.6. The van der Waals surface area contributed by atoms with Crippen molar-refractivity contribution in [2.75, 3.05) is 27.3 Å². The Balaban J connectivity index is 1.52. The minimum atomic E-state index is -0.587. The van der Waals surface area contributed by atoms with Crippen LogP contribution in [0.25, 0.3) is 11.1 Å². The van der Waals surface area contributed by atoms with E-state index in [2.05, 4.69) is 28.1 Å². The van der Waals surface area contributed by atoms with Crippen molar-refractivity contribution >= 4 is 5.91 Å². The largest absolute Gasteiger partial charge is 0.497 e. The number of amides is 1. The maximum Gasteiger partial charge on any atom is 0.225 e. The number of carbonyl (C=O) groups excluding carboxylic acids is 1. The average molecular weight is 432 g/mol. The van der Waals surface area contributed by atoms with Gasteiger partial charge in [-0.3, -0.25) is 14.7 Å². The lowest BCUT2D eigenvalue weighted by Gasteiger charge is -2.27. The fourth-order valence-electron chi connectivity index (χ4n) is 4.55. The average Bonchev–Trinajstić information content (AvgIpc) is 3.24. The number of pyridine rings is 1. The van der Waals surface area contributed by atoms with Crippen molar-refractivity contribution in [1.29, 1.82) is 0 Å². The Hall–Kier alpha value is -3.38. The molecule has 0 bridgehead atoms. The highest BCUT2D eigenvalue weighted by molar-refractivity contribution is 5.82. The summed E-state index contributed by atoms with van der Waals surface area (Å²) in [6, 6.07) is 18.1. The van der Waals surface area contributed by atoms with Crippen LogP contribution in [-0.4, -0.2) is 43.1 Å². The fraction of sp³-hybridized carbons (Fsp3) is 0.308. The summed E-state index contributed by atoms with van der Waals surface area (Å²) in [5, 5.41) is 0. The fourth-order valence-corrected chi connectivity index (χ4v) is 4.55. The van der Waals surface area contributed by atoms with Crippen LogP contribution >= 0.6 is 0 Å². The first-order valence-corrected chi connectivity index (χ1v) is 10.8. The van der Waals surface area contributed by atoms with Gasteiger partial charge in [-0.25, -0.2) is 0 Å². The van der Waals surface area contributed by atoms with Gasteiger partial charge in [0.25, 0.3) is 0 Å². The molecule has 1 atom stereocenters. The molecule has 1 aliphatic rings. The molecular weight excluding hydrogens is 402 g/mol. The van der Waals surface area contributed by atoms with Gasteiger partial charge in [0.15, 0.2) is 0 Å². The molecule has 0 radical (unpaired) electrons. The van der Waals surface area contributed by atoms with Crippen LogP contribution in [0.3, 0.4) is 0 Å². The molecule has 2 heterocycles. The molecule has 0 saturated carbocycles. The Labute approximate surface area is 189 Å². The number of ether oxygens (including phenoxy) is 2. The Morgan fingerprint density at radius 2 is 1.88 bits per heavy atom. The third kappa shape index (κ3) is 4.60. The van der Waals surface area contributed by atoms with E-state index in [-0.39, 0.29) is 5.91 Å². The zero-order valence-corrected chi connectivity index (χ0v) is 18.6. The van der Waals surface area contributed by atoms with Crippen LogP contribution < -0.4 is 15.2 Å². The standard InChI is InChI=1S/C26H29N3O3/c1-31-23-7-6-22(24(15-23)32-2)17-29-13-10-26(18-29,25(27)30)16-19-4-3-5-21(14-19)20-8-11-28-12-9-20/h3-9,11-12,14-15H,10,13,16-18H2,1-2H3,(H2,27,30). The molecule has 2 aromatic carbocycles. The summed E-state index contributed by atoms with van der Waals surface area (Å²) in [7, 11) is 3.30. The molecule has 1 unspecified atom stereocenters. The first-order valence-electron chi connectivity index (χ1n) is 10.8. The molecule has 32 heavy (non-hydrogen) atoms. The molecule has 6 heteroatoms. The first kappa shape index (κ1) is 21.8. The topological polar surface area (TPSA) is 77.7 Å². The van der Waals surface area contributed by atoms with Crippen molar-refractivity contribution in [3.63, 3.8) is 0 Å². The third-order valence-corrected chi connectivity index (χ3v) is 6.33. The van der Waals surface area contributed by atoms with Gasteiger partial charge in [-0.05, 0) is 54.3 Å². The monoisotopic (exact) mass is 431 g/mol.